The van der Waals surface area contributed by atoms with E-state index in [1.165, 1.54) is 4.90 Å². The minimum absolute atomic E-state index is 0.0212. The number of carboxylic acid groups (broad SMARTS) is 1. The van der Waals surface area contributed by atoms with E-state index in [0.29, 0.717) is 19.6 Å². The normalized spacial score (nSPS) is 11.9. The molecule has 0 aromatic carbocycles. The summed E-state index contributed by atoms with van der Waals surface area (Å²) in [4.78, 5) is 24.0. The molecule has 1 atom stereocenters. The number of rotatable bonds is 8. The van der Waals surface area contributed by atoms with Gasteiger partial charge in [0.2, 0.25) is 0 Å². The minimum Gasteiger partial charge on any atom is -0.481 e. The second-order valence-corrected chi connectivity index (χ2v) is 3.88. The Kier molecular flexibility index (Phi) is 8.19. The summed E-state index contributed by atoms with van der Waals surface area (Å²) in [5, 5.41) is 8.86. The zero-order valence-electron chi connectivity index (χ0n) is 10.9. The van der Waals surface area contributed by atoms with Gasteiger partial charge in [0.25, 0.3) is 0 Å². The van der Waals surface area contributed by atoms with Crippen LogP contribution in [0.2, 0.25) is 0 Å². The molecule has 17 heavy (non-hydrogen) atoms. The third-order valence-corrected chi connectivity index (χ3v) is 2.58. The number of amides is 1. The minimum atomic E-state index is -0.881. The number of carbonyl (C=O) groups is 2. The van der Waals surface area contributed by atoms with E-state index in [2.05, 4.69) is 0 Å². The maximum Gasteiger partial charge on any atom is 0.409 e. The van der Waals surface area contributed by atoms with Crippen molar-refractivity contribution in [1.82, 2.24) is 4.90 Å². The van der Waals surface area contributed by atoms with Gasteiger partial charge in [-0.3, -0.25) is 4.79 Å². The quantitative estimate of drug-likeness (QED) is 0.713. The monoisotopic (exact) mass is 245 g/mol. The maximum absolute atomic E-state index is 11.7. The van der Waals surface area contributed by atoms with Crippen molar-refractivity contribution in [1.29, 1.82) is 0 Å². The van der Waals surface area contributed by atoms with Crippen LogP contribution in [-0.2, 0) is 9.53 Å². The van der Waals surface area contributed by atoms with Gasteiger partial charge in [-0.1, -0.05) is 19.8 Å². The lowest BCUT2D eigenvalue weighted by atomic mass is 10.1. The number of aliphatic carboxylic acids is 1. The van der Waals surface area contributed by atoms with Crippen LogP contribution in [0.5, 0.6) is 0 Å². The molecule has 0 rings (SSSR count). The van der Waals surface area contributed by atoms with Crippen LogP contribution in [0.3, 0.4) is 0 Å². The van der Waals surface area contributed by atoms with E-state index in [0.717, 1.165) is 12.8 Å². The molecule has 0 radical (unpaired) electrons. The Bertz CT molecular complexity index is 243. The van der Waals surface area contributed by atoms with Gasteiger partial charge in [0.1, 0.15) is 0 Å². The summed E-state index contributed by atoms with van der Waals surface area (Å²) in [5.41, 5.74) is 0. The van der Waals surface area contributed by atoms with Gasteiger partial charge in [-0.2, -0.15) is 0 Å². The molecule has 0 spiro atoms. The number of carbonyl (C=O) groups excluding carboxylic acids is 1. The Morgan fingerprint density at radius 2 is 1.94 bits per heavy atom. The van der Waals surface area contributed by atoms with Crippen LogP contribution in [0, 0.1) is 0 Å². The first-order valence-corrected chi connectivity index (χ1v) is 6.21. The molecule has 1 N–H and O–H groups in total. The lowest BCUT2D eigenvalue weighted by Gasteiger charge is -2.28. The van der Waals surface area contributed by atoms with Crippen molar-refractivity contribution in [3.63, 3.8) is 0 Å². The van der Waals surface area contributed by atoms with E-state index in [-0.39, 0.29) is 12.5 Å². The second kappa shape index (κ2) is 8.84. The second-order valence-electron chi connectivity index (χ2n) is 3.88. The molecule has 0 bridgehead atoms. The fourth-order valence-corrected chi connectivity index (χ4v) is 1.75. The standard InChI is InChI=1S/C12H23NO4/c1-4-7-8-10(9-11(14)15)13(5-2)12(16)17-6-3/h10H,4-9H2,1-3H3,(H,14,15). The van der Waals surface area contributed by atoms with Gasteiger partial charge in [0.15, 0.2) is 0 Å². The molecule has 0 saturated carbocycles. The topological polar surface area (TPSA) is 66.8 Å². The zero-order chi connectivity index (χ0) is 13.3. The summed E-state index contributed by atoms with van der Waals surface area (Å²) >= 11 is 0. The van der Waals surface area contributed by atoms with Crippen LogP contribution < -0.4 is 0 Å². The van der Waals surface area contributed by atoms with E-state index in [1.807, 2.05) is 13.8 Å². The molecule has 0 aromatic heterocycles. The number of unbranched alkanes of at least 4 members (excludes halogenated alkanes) is 1. The first kappa shape index (κ1) is 15.7. The van der Waals surface area contributed by atoms with E-state index >= 15 is 0 Å². The summed E-state index contributed by atoms with van der Waals surface area (Å²) in [6, 6.07) is -0.267. The maximum atomic E-state index is 11.7. The summed E-state index contributed by atoms with van der Waals surface area (Å²) < 4.78 is 4.93. The largest absolute Gasteiger partial charge is 0.481 e. The van der Waals surface area contributed by atoms with Crippen LogP contribution in [-0.4, -0.2) is 41.3 Å². The third kappa shape index (κ3) is 6.14. The molecule has 1 unspecified atom stereocenters. The van der Waals surface area contributed by atoms with E-state index in [9.17, 15) is 9.59 Å². The zero-order valence-corrected chi connectivity index (χ0v) is 10.9. The lowest BCUT2D eigenvalue weighted by molar-refractivity contribution is -0.138. The summed E-state index contributed by atoms with van der Waals surface area (Å²) in [7, 11) is 0. The average molecular weight is 245 g/mol. The molecule has 0 aliphatic carbocycles. The fourth-order valence-electron chi connectivity index (χ4n) is 1.75. The molecule has 0 aromatic rings. The first-order valence-electron chi connectivity index (χ1n) is 6.21. The molecule has 5 nitrogen and oxygen atoms in total. The molecular formula is C12H23NO4. The Balaban J connectivity index is 4.57. The number of carboxylic acids is 1. The predicted octanol–water partition coefficient (Wildman–Crippen LogP) is 2.50. The van der Waals surface area contributed by atoms with Gasteiger partial charge < -0.3 is 14.7 Å². The Labute approximate surface area is 103 Å². The van der Waals surface area contributed by atoms with E-state index in [1.54, 1.807) is 6.92 Å². The predicted molar refractivity (Wildman–Crippen MR) is 65.0 cm³/mol. The first-order chi connectivity index (χ1) is 8.06. The number of nitrogens with zero attached hydrogens (tertiary/aromatic N) is 1. The van der Waals surface area contributed by atoms with Gasteiger partial charge in [0.05, 0.1) is 13.0 Å². The van der Waals surface area contributed by atoms with Gasteiger partial charge in [-0.15, -0.1) is 0 Å². The van der Waals surface area contributed by atoms with Gasteiger partial charge >= 0.3 is 12.1 Å². The molecule has 5 heteroatoms. The molecule has 0 aliphatic rings. The molecule has 0 heterocycles. The van der Waals surface area contributed by atoms with Crippen LogP contribution in [0.1, 0.15) is 46.5 Å². The molecule has 100 valence electrons. The highest BCUT2D eigenvalue weighted by atomic mass is 16.6. The van der Waals surface area contributed by atoms with Crippen molar-refractivity contribution in [3.8, 4) is 0 Å². The number of ether oxygens (including phenoxy) is 1. The van der Waals surface area contributed by atoms with Gasteiger partial charge in [-0.25, -0.2) is 4.79 Å². The fraction of sp³-hybridized carbons (Fsp3) is 0.833. The van der Waals surface area contributed by atoms with Crippen LogP contribution in [0.4, 0.5) is 4.79 Å². The van der Waals surface area contributed by atoms with Crippen molar-refractivity contribution < 1.29 is 19.4 Å². The Morgan fingerprint density at radius 1 is 1.29 bits per heavy atom. The highest BCUT2D eigenvalue weighted by Crippen LogP contribution is 2.14. The average Bonchev–Trinajstić information content (AvgIpc) is 2.26. The Hall–Kier alpha value is -1.26. The molecular weight excluding hydrogens is 222 g/mol. The smallest absolute Gasteiger partial charge is 0.409 e. The molecule has 0 aliphatic heterocycles. The van der Waals surface area contributed by atoms with Gasteiger partial charge in [0, 0.05) is 12.6 Å². The van der Waals surface area contributed by atoms with Crippen molar-refractivity contribution in [3.05, 3.63) is 0 Å². The summed E-state index contributed by atoms with van der Waals surface area (Å²) in [6.45, 7) is 6.39. The molecule has 0 fully saturated rings. The highest BCUT2D eigenvalue weighted by Gasteiger charge is 2.24. The summed E-state index contributed by atoms with van der Waals surface area (Å²) in [6.07, 6.45) is 2.16. The number of hydrogen-bond donors (Lipinski definition) is 1. The molecule has 0 saturated heterocycles. The van der Waals surface area contributed by atoms with Gasteiger partial charge in [-0.05, 0) is 20.3 Å². The van der Waals surface area contributed by atoms with Crippen LogP contribution in [0.15, 0.2) is 0 Å². The van der Waals surface area contributed by atoms with Crippen molar-refractivity contribution in [2.45, 2.75) is 52.5 Å². The van der Waals surface area contributed by atoms with Crippen LogP contribution in [0.25, 0.3) is 0 Å². The van der Waals surface area contributed by atoms with Crippen molar-refractivity contribution >= 4 is 12.1 Å². The SMILES string of the molecule is CCCCC(CC(=O)O)N(CC)C(=O)OCC. The van der Waals surface area contributed by atoms with Crippen molar-refractivity contribution in [2.75, 3.05) is 13.2 Å². The lowest BCUT2D eigenvalue weighted by Crippen LogP contribution is -2.41. The Morgan fingerprint density at radius 3 is 2.35 bits per heavy atom. The van der Waals surface area contributed by atoms with Crippen molar-refractivity contribution in [2.24, 2.45) is 0 Å². The molecule has 1 amide bonds. The summed E-state index contributed by atoms with van der Waals surface area (Å²) in [5.74, 6) is -0.881. The van der Waals surface area contributed by atoms with E-state index in [4.69, 9.17) is 9.84 Å². The van der Waals surface area contributed by atoms with E-state index < -0.39 is 12.1 Å². The highest BCUT2D eigenvalue weighted by molar-refractivity contribution is 5.71. The number of hydrogen-bond acceptors (Lipinski definition) is 3. The third-order valence-electron chi connectivity index (χ3n) is 2.58. The van der Waals surface area contributed by atoms with Crippen LogP contribution >= 0.6 is 0 Å².